The van der Waals surface area contributed by atoms with Crippen LogP contribution >= 0.6 is 15.9 Å². The van der Waals surface area contributed by atoms with Crippen LogP contribution in [0.5, 0.6) is 0 Å². The van der Waals surface area contributed by atoms with Gasteiger partial charge in [-0.15, -0.1) is 0 Å². The highest BCUT2D eigenvalue weighted by molar-refractivity contribution is 9.10. The lowest BCUT2D eigenvalue weighted by atomic mass is 10.0. The summed E-state index contributed by atoms with van der Waals surface area (Å²) in [7, 11) is 0. The molecule has 1 heterocycles. The van der Waals surface area contributed by atoms with Crippen molar-refractivity contribution in [1.82, 2.24) is 5.43 Å². The molecule has 1 amide bonds. The first-order valence-electron chi connectivity index (χ1n) is 6.18. The predicted molar refractivity (Wildman–Crippen MR) is 81.8 cm³/mol. The Morgan fingerprint density at radius 1 is 1.30 bits per heavy atom. The minimum Gasteiger partial charge on any atom is -0.448 e. The Kier molecular flexibility index (Phi) is 4.74. The predicted octanol–water partition coefficient (Wildman–Crippen LogP) is 3.35. The van der Waals surface area contributed by atoms with E-state index in [0.29, 0.717) is 16.9 Å². The Balaban J connectivity index is 1.89. The smallest absolute Gasteiger partial charge is 0.244 e. The maximum absolute atomic E-state index is 11.7. The molecule has 104 valence electrons. The molecular weight excluding hydrogens is 320 g/mol. The normalized spacial score (nSPS) is 10.9. The van der Waals surface area contributed by atoms with Crippen LogP contribution in [0.15, 0.2) is 44.5 Å². The second kappa shape index (κ2) is 6.52. The molecule has 0 aliphatic carbocycles. The number of benzene rings is 1. The number of carbonyl (C=O) groups is 1. The Hall–Kier alpha value is -1.88. The zero-order valence-corrected chi connectivity index (χ0v) is 12.9. The summed E-state index contributed by atoms with van der Waals surface area (Å²) in [4.78, 5) is 11.7. The van der Waals surface area contributed by atoms with Gasteiger partial charge in [-0.1, -0.05) is 18.2 Å². The van der Waals surface area contributed by atoms with Gasteiger partial charge in [0.25, 0.3) is 0 Å². The SMILES string of the molecule is Cc1ccc(CC(=O)NN=Cc2ccc(Br)o2)cc1C. The zero-order valence-electron chi connectivity index (χ0n) is 11.3. The van der Waals surface area contributed by atoms with Crippen molar-refractivity contribution in [3.05, 3.63) is 57.5 Å². The van der Waals surface area contributed by atoms with E-state index >= 15 is 0 Å². The van der Waals surface area contributed by atoms with Crippen molar-refractivity contribution in [2.45, 2.75) is 20.3 Å². The molecule has 0 saturated heterocycles. The van der Waals surface area contributed by atoms with Crippen LogP contribution < -0.4 is 5.43 Å². The van der Waals surface area contributed by atoms with Crippen molar-refractivity contribution in [1.29, 1.82) is 0 Å². The fourth-order valence-corrected chi connectivity index (χ4v) is 2.02. The highest BCUT2D eigenvalue weighted by Gasteiger charge is 2.03. The number of rotatable bonds is 4. The van der Waals surface area contributed by atoms with Crippen LogP contribution in [0.1, 0.15) is 22.5 Å². The summed E-state index contributed by atoms with van der Waals surface area (Å²) in [6.45, 7) is 4.08. The van der Waals surface area contributed by atoms with Crippen LogP contribution in [0, 0.1) is 13.8 Å². The largest absolute Gasteiger partial charge is 0.448 e. The van der Waals surface area contributed by atoms with Gasteiger partial charge in [0.2, 0.25) is 5.91 Å². The van der Waals surface area contributed by atoms with E-state index < -0.39 is 0 Å². The number of carbonyl (C=O) groups excluding carboxylic acids is 1. The van der Waals surface area contributed by atoms with E-state index in [0.717, 1.165) is 5.56 Å². The number of amides is 1. The molecule has 0 aliphatic heterocycles. The van der Waals surface area contributed by atoms with E-state index in [1.165, 1.54) is 17.3 Å². The fourth-order valence-electron chi connectivity index (χ4n) is 1.70. The van der Waals surface area contributed by atoms with Crippen LogP contribution in [0.4, 0.5) is 0 Å². The second-order valence-electron chi connectivity index (χ2n) is 4.53. The molecule has 2 aromatic rings. The lowest BCUT2D eigenvalue weighted by Crippen LogP contribution is -2.19. The maximum atomic E-state index is 11.7. The number of nitrogens with one attached hydrogen (secondary N) is 1. The number of halogens is 1. The first-order chi connectivity index (χ1) is 9.54. The van der Waals surface area contributed by atoms with Crippen LogP contribution in [0.25, 0.3) is 0 Å². The van der Waals surface area contributed by atoms with Crippen LogP contribution in [0.2, 0.25) is 0 Å². The molecule has 0 fully saturated rings. The first kappa shape index (κ1) is 14.5. The average Bonchev–Trinajstić information content (AvgIpc) is 2.80. The molecule has 1 N–H and O–H groups in total. The summed E-state index contributed by atoms with van der Waals surface area (Å²) in [6.07, 6.45) is 1.77. The second-order valence-corrected chi connectivity index (χ2v) is 5.31. The Morgan fingerprint density at radius 2 is 2.10 bits per heavy atom. The van der Waals surface area contributed by atoms with Crippen molar-refractivity contribution >= 4 is 28.1 Å². The van der Waals surface area contributed by atoms with E-state index in [-0.39, 0.29) is 5.91 Å². The van der Waals surface area contributed by atoms with Crippen LogP contribution in [-0.4, -0.2) is 12.1 Å². The quantitative estimate of drug-likeness (QED) is 0.688. The number of hydrazone groups is 1. The van der Waals surface area contributed by atoms with Gasteiger partial charge in [-0.2, -0.15) is 5.10 Å². The van der Waals surface area contributed by atoms with Crippen LogP contribution in [0.3, 0.4) is 0 Å². The Morgan fingerprint density at radius 3 is 2.75 bits per heavy atom. The van der Waals surface area contributed by atoms with Gasteiger partial charge in [-0.05, 0) is 58.6 Å². The van der Waals surface area contributed by atoms with Crippen molar-refractivity contribution in [3.8, 4) is 0 Å². The molecule has 0 atom stereocenters. The van der Waals surface area contributed by atoms with Gasteiger partial charge in [-0.3, -0.25) is 4.79 Å². The highest BCUT2D eigenvalue weighted by Crippen LogP contribution is 2.12. The van der Waals surface area contributed by atoms with Gasteiger partial charge in [0.1, 0.15) is 5.76 Å². The van der Waals surface area contributed by atoms with Gasteiger partial charge in [0, 0.05) is 0 Å². The fraction of sp³-hybridized carbons (Fsp3) is 0.200. The van der Waals surface area contributed by atoms with Gasteiger partial charge >= 0.3 is 0 Å². The van der Waals surface area contributed by atoms with Gasteiger partial charge in [0.15, 0.2) is 4.67 Å². The third-order valence-electron chi connectivity index (χ3n) is 2.91. The molecule has 1 aromatic heterocycles. The Bertz CT molecular complexity index is 647. The van der Waals surface area contributed by atoms with Crippen molar-refractivity contribution in [2.75, 3.05) is 0 Å². The van der Waals surface area contributed by atoms with E-state index in [9.17, 15) is 4.79 Å². The van der Waals surface area contributed by atoms with E-state index in [2.05, 4.69) is 26.5 Å². The summed E-state index contributed by atoms with van der Waals surface area (Å²) in [5, 5.41) is 3.85. The topological polar surface area (TPSA) is 54.6 Å². The van der Waals surface area contributed by atoms with E-state index in [1.54, 1.807) is 12.1 Å². The maximum Gasteiger partial charge on any atom is 0.244 e. The molecule has 0 saturated carbocycles. The minimum atomic E-state index is -0.157. The van der Waals surface area contributed by atoms with Crippen molar-refractivity contribution in [2.24, 2.45) is 5.10 Å². The molecule has 4 nitrogen and oxygen atoms in total. The highest BCUT2D eigenvalue weighted by atomic mass is 79.9. The molecule has 0 radical (unpaired) electrons. The van der Waals surface area contributed by atoms with Crippen molar-refractivity contribution < 1.29 is 9.21 Å². The third-order valence-corrected chi connectivity index (χ3v) is 3.34. The molecule has 0 spiro atoms. The Labute approximate surface area is 126 Å². The molecule has 0 aliphatic rings. The number of hydrogen-bond acceptors (Lipinski definition) is 3. The zero-order chi connectivity index (χ0) is 14.5. The first-order valence-corrected chi connectivity index (χ1v) is 6.97. The summed E-state index contributed by atoms with van der Waals surface area (Å²) in [5.74, 6) is 0.415. The number of aryl methyl sites for hydroxylation is 2. The lowest BCUT2D eigenvalue weighted by molar-refractivity contribution is -0.120. The van der Waals surface area contributed by atoms with E-state index in [4.69, 9.17) is 4.42 Å². The van der Waals surface area contributed by atoms with Gasteiger partial charge in [-0.25, -0.2) is 5.43 Å². The molecule has 0 unspecified atom stereocenters. The third kappa shape index (κ3) is 4.06. The lowest BCUT2D eigenvalue weighted by Gasteiger charge is -2.04. The number of hydrogen-bond donors (Lipinski definition) is 1. The standard InChI is InChI=1S/C15H15BrN2O2/c1-10-3-4-12(7-11(10)2)8-15(19)18-17-9-13-5-6-14(16)20-13/h3-7,9H,8H2,1-2H3,(H,18,19). The molecule has 20 heavy (non-hydrogen) atoms. The average molecular weight is 335 g/mol. The summed E-state index contributed by atoms with van der Waals surface area (Å²) in [5.41, 5.74) is 5.85. The van der Waals surface area contributed by atoms with Crippen molar-refractivity contribution in [3.63, 3.8) is 0 Å². The summed E-state index contributed by atoms with van der Waals surface area (Å²) >= 11 is 3.19. The molecule has 1 aromatic carbocycles. The monoisotopic (exact) mass is 334 g/mol. The summed E-state index contributed by atoms with van der Waals surface area (Å²) in [6, 6.07) is 9.50. The molecule has 2 rings (SSSR count). The van der Waals surface area contributed by atoms with Gasteiger partial charge in [0.05, 0.1) is 12.6 Å². The number of nitrogens with zero attached hydrogens (tertiary/aromatic N) is 1. The van der Waals surface area contributed by atoms with E-state index in [1.807, 2.05) is 32.0 Å². The molecule has 0 bridgehead atoms. The minimum absolute atomic E-state index is 0.157. The van der Waals surface area contributed by atoms with Crippen LogP contribution in [-0.2, 0) is 11.2 Å². The van der Waals surface area contributed by atoms with Gasteiger partial charge < -0.3 is 4.42 Å². The number of furan rings is 1. The summed E-state index contributed by atoms with van der Waals surface area (Å²) < 4.78 is 5.85. The molecule has 5 heteroatoms. The molecular formula is C15H15BrN2O2.